The van der Waals surface area contributed by atoms with E-state index in [9.17, 15) is 4.39 Å². The summed E-state index contributed by atoms with van der Waals surface area (Å²) in [5, 5.41) is 4.11. The van der Waals surface area contributed by atoms with Crippen LogP contribution in [0.3, 0.4) is 0 Å². The molecule has 82 valence electrons. The van der Waals surface area contributed by atoms with E-state index in [0.717, 1.165) is 5.75 Å². The average molecular weight is 225 g/mol. The lowest BCUT2D eigenvalue weighted by atomic mass is 10.0. The van der Waals surface area contributed by atoms with Crippen molar-refractivity contribution in [1.82, 2.24) is 5.32 Å². The zero-order chi connectivity index (χ0) is 10.8. The van der Waals surface area contributed by atoms with Crippen LogP contribution in [0.15, 0.2) is 24.3 Å². The van der Waals surface area contributed by atoms with E-state index in [4.69, 9.17) is 0 Å². The predicted octanol–water partition coefficient (Wildman–Crippen LogP) is 2.98. The van der Waals surface area contributed by atoms with Crippen LogP contribution in [0.4, 0.5) is 4.39 Å². The molecule has 15 heavy (non-hydrogen) atoms. The van der Waals surface area contributed by atoms with Crippen LogP contribution in [0.25, 0.3) is 0 Å². The Hall–Kier alpha value is -0.540. The summed E-state index contributed by atoms with van der Waals surface area (Å²) in [6.45, 7) is 4.41. The minimum Gasteiger partial charge on any atom is -0.306 e. The summed E-state index contributed by atoms with van der Waals surface area (Å²) < 4.78 is 12.8. The lowest BCUT2D eigenvalue weighted by molar-refractivity contribution is 0.460. The highest BCUT2D eigenvalue weighted by atomic mass is 32.2. The maximum Gasteiger partial charge on any atom is 0.123 e. The first-order valence-corrected chi connectivity index (χ1v) is 6.35. The first-order valence-electron chi connectivity index (χ1n) is 5.30. The van der Waals surface area contributed by atoms with Crippen molar-refractivity contribution in [2.24, 2.45) is 0 Å². The molecular weight excluding hydrogens is 209 g/mol. The minimum absolute atomic E-state index is 0.164. The maximum atomic E-state index is 12.8. The van der Waals surface area contributed by atoms with Gasteiger partial charge in [-0.2, -0.15) is 11.8 Å². The molecule has 3 atom stereocenters. The fourth-order valence-electron chi connectivity index (χ4n) is 1.92. The van der Waals surface area contributed by atoms with E-state index in [1.165, 1.54) is 17.7 Å². The second kappa shape index (κ2) is 4.54. The standard InChI is InChI=1S/C12H16FNS/c1-8-7-15-9(2)12(14-8)10-3-5-11(13)6-4-10/h3-6,8-9,12,14H,7H2,1-2H3. The smallest absolute Gasteiger partial charge is 0.123 e. The van der Waals surface area contributed by atoms with Crippen molar-refractivity contribution >= 4 is 11.8 Å². The summed E-state index contributed by atoms with van der Waals surface area (Å²) in [6.07, 6.45) is 0. The molecule has 3 unspecified atom stereocenters. The molecule has 0 aromatic heterocycles. The first-order chi connectivity index (χ1) is 7.16. The van der Waals surface area contributed by atoms with Crippen LogP contribution < -0.4 is 5.32 Å². The number of hydrogen-bond donors (Lipinski definition) is 1. The lowest BCUT2D eigenvalue weighted by Gasteiger charge is -2.34. The molecule has 1 nitrogen and oxygen atoms in total. The van der Waals surface area contributed by atoms with Crippen molar-refractivity contribution in [3.05, 3.63) is 35.6 Å². The molecule has 1 aromatic rings. The first kappa shape index (κ1) is 11.0. The van der Waals surface area contributed by atoms with E-state index in [2.05, 4.69) is 19.2 Å². The van der Waals surface area contributed by atoms with Crippen molar-refractivity contribution in [2.75, 3.05) is 5.75 Å². The highest BCUT2D eigenvalue weighted by Gasteiger charge is 2.26. The lowest BCUT2D eigenvalue weighted by Crippen LogP contribution is -2.41. The van der Waals surface area contributed by atoms with Crippen LogP contribution in [0.2, 0.25) is 0 Å². The van der Waals surface area contributed by atoms with Gasteiger partial charge in [0.1, 0.15) is 5.82 Å². The SMILES string of the molecule is CC1CSC(C)C(c2ccc(F)cc2)N1. The topological polar surface area (TPSA) is 12.0 Å². The second-order valence-electron chi connectivity index (χ2n) is 4.14. The van der Waals surface area contributed by atoms with Crippen LogP contribution in [0.1, 0.15) is 25.5 Å². The summed E-state index contributed by atoms with van der Waals surface area (Å²) in [5.41, 5.74) is 1.18. The fraction of sp³-hybridized carbons (Fsp3) is 0.500. The third kappa shape index (κ3) is 2.52. The van der Waals surface area contributed by atoms with Gasteiger partial charge in [-0.25, -0.2) is 4.39 Å². The summed E-state index contributed by atoms with van der Waals surface area (Å²) in [7, 11) is 0. The highest BCUT2D eigenvalue weighted by Crippen LogP contribution is 2.31. The molecule has 0 bridgehead atoms. The highest BCUT2D eigenvalue weighted by molar-refractivity contribution is 8.00. The largest absolute Gasteiger partial charge is 0.306 e. The van der Waals surface area contributed by atoms with E-state index in [1.807, 2.05) is 23.9 Å². The average Bonchev–Trinajstić information content (AvgIpc) is 2.23. The van der Waals surface area contributed by atoms with Gasteiger partial charge in [-0.1, -0.05) is 19.1 Å². The number of thioether (sulfide) groups is 1. The maximum absolute atomic E-state index is 12.8. The molecule has 2 rings (SSSR count). The Bertz CT molecular complexity index is 325. The Morgan fingerprint density at radius 1 is 1.27 bits per heavy atom. The van der Waals surface area contributed by atoms with Crippen LogP contribution in [0, 0.1) is 5.82 Å². The van der Waals surface area contributed by atoms with Crippen LogP contribution >= 0.6 is 11.8 Å². The molecule has 0 radical (unpaired) electrons. The third-order valence-electron chi connectivity index (χ3n) is 2.77. The molecule has 1 saturated heterocycles. The Kier molecular flexibility index (Phi) is 3.32. The second-order valence-corrected chi connectivity index (χ2v) is 5.55. The number of halogens is 1. The van der Waals surface area contributed by atoms with Crippen LogP contribution in [-0.4, -0.2) is 17.0 Å². The normalized spacial score (nSPS) is 31.5. The predicted molar refractivity (Wildman–Crippen MR) is 63.7 cm³/mol. The van der Waals surface area contributed by atoms with Gasteiger partial charge in [0, 0.05) is 23.1 Å². The number of nitrogens with one attached hydrogen (secondary N) is 1. The zero-order valence-electron chi connectivity index (χ0n) is 9.03. The van der Waals surface area contributed by atoms with Gasteiger partial charge < -0.3 is 5.32 Å². The molecule has 0 spiro atoms. The van der Waals surface area contributed by atoms with Gasteiger partial charge in [0.2, 0.25) is 0 Å². The van der Waals surface area contributed by atoms with Gasteiger partial charge in [0.15, 0.2) is 0 Å². The molecule has 1 aliphatic rings. The molecule has 0 saturated carbocycles. The Balaban J connectivity index is 2.17. The Morgan fingerprint density at radius 2 is 1.93 bits per heavy atom. The minimum atomic E-state index is -0.164. The van der Waals surface area contributed by atoms with Crippen LogP contribution in [0.5, 0.6) is 0 Å². The van der Waals surface area contributed by atoms with Crippen molar-refractivity contribution < 1.29 is 4.39 Å². The van der Waals surface area contributed by atoms with Crippen LogP contribution in [-0.2, 0) is 0 Å². The van der Waals surface area contributed by atoms with Crippen molar-refractivity contribution in [1.29, 1.82) is 0 Å². The monoisotopic (exact) mass is 225 g/mol. The molecule has 1 aromatic carbocycles. The summed E-state index contributed by atoms with van der Waals surface area (Å²) in [5.74, 6) is 0.988. The molecule has 0 amide bonds. The Labute approximate surface area is 94.5 Å². The molecule has 1 heterocycles. The number of rotatable bonds is 1. The number of hydrogen-bond acceptors (Lipinski definition) is 2. The van der Waals surface area contributed by atoms with Gasteiger partial charge in [-0.3, -0.25) is 0 Å². The van der Waals surface area contributed by atoms with Gasteiger partial charge in [0.25, 0.3) is 0 Å². The quantitative estimate of drug-likeness (QED) is 0.788. The van der Waals surface area contributed by atoms with Crippen molar-refractivity contribution in [2.45, 2.75) is 31.2 Å². The van der Waals surface area contributed by atoms with E-state index in [1.54, 1.807) is 0 Å². The molecule has 1 aliphatic heterocycles. The Morgan fingerprint density at radius 3 is 2.60 bits per heavy atom. The van der Waals surface area contributed by atoms with Gasteiger partial charge >= 0.3 is 0 Å². The van der Waals surface area contributed by atoms with E-state index >= 15 is 0 Å². The summed E-state index contributed by atoms with van der Waals surface area (Å²) >= 11 is 1.98. The van der Waals surface area contributed by atoms with Crippen molar-refractivity contribution in [3.8, 4) is 0 Å². The van der Waals surface area contributed by atoms with E-state index in [-0.39, 0.29) is 5.82 Å². The summed E-state index contributed by atoms with van der Waals surface area (Å²) in [6, 6.07) is 7.70. The molecule has 3 heteroatoms. The number of benzene rings is 1. The van der Waals surface area contributed by atoms with Gasteiger partial charge in [0.05, 0.1) is 0 Å². The van der Waals surface area contributed by atoms with Gasteiger partial charge in [-0.05, 0) is 24.6 Å². The molecule has 1 N–H and O–H groups in total. The van der Waals surface area contributed by atoms with E-state index < -0.39 is 0 Å². The molecule has 0 aliphatic carbocycles. The van der Waals surface area contributed by atoms with Gasteiger partial charge in [-0.15, -0.1) is 0 Å². The van der Waals surface area contributed by atoms with Crippen molar-refractivity contribution in [3.63, 3.8) is 0 Å². The molecule has 1 fully saturated rings. The summed E-state index contributed by atoms with van der Waals surface area (Å²) in [4.78, 5) is 0. The zero-order valence-corrected chi connectivity index (χ0v) is 9.85. The third-order valence-corrected chi connectivity index (χ3v) is 4.26. The fourth-order valence-corrected chi connectivity index (χ4v) is 3.04. The molecular formula is C12H16FNS. The van der Waals surface area contributed by atoms with E-state index in [0.29, 0.717) is 17.3 Å².